The van der Waals surface area contributed by atoms with Gasteiger partial charge in [-0.1, -0.05) is 34.8 Å². The number of nitrogens with two attached hydrogens (primary N) is 1. The van der Waals surface area contributed by atoms with Gasteiger partial charge in [0.15, 0.2) is 11.6 Å². The van der Waals surface area contributed by atoms with Crippen LogP contribution in [0.25, 0.3) is 0 Å². The molecular formula is C10H7Cl3FN5. The van der Waals surface area contributed by atoms with Crippen LogP contribution in [0.5, 0.6) is 0 Å². The second kappa shape index (κ2) is 5.75. The third-order valence-corrected chi connectivity index (χ3v) is 2.95. The van der Waals surface area contributed by atoms with Crippen molar-refractivity contribution in [3.63, 3.8) is 0 Å². The molecule has 0 radical (unpaired) electrons. The molecule has 100 valence electrons. The topological polar surface area (TPSA) is 75.9 Å². The van der Waals surface area contributed by atoms with Gasteiger partial charge in [-0.2, -0.15) is 4.98 Å². The molecule has 0 fully saturated rings. The van der Waals surface area contributed by atoms with Crippen LogP contribution in [0.15, 0.2) is 18.3 Å². The fraction of sp³-hybridized carbons (Fsp3) is 0. The average molecular weight is 323 g/mol. The summed E-state index contributed by atoms with van der Waals surface area (Å²) in [5, 5.41) is 2.87. The molecule has 19 heavy (non-hydrogen) atoms. The minimum atomic E-state index is -0.688. The van der Waals surface area contributed by atoms with Gasteiger partial charge >= 0.3 is 0 Å². The van der Waals surface area contributed by atoms with Crippen LogP contribution in [0, 0.1) is 5.82 Å². The number of nitrogen functional groups attached to an aromatic ring is 1. The molecule has 2 rings (SSSR count). The molecule has 9 heteroatoms. The highest BCUT2D eigenvalue weighted by atomic mass is 35.5. The first-order valence-corrected chi connectivity index (χ1v) is 6.05. The normalized spacial score (nSPS) is 10.4. The highest BCUT2D eigenvalue weighted by Crippen LogP contribution is 2.30. The van der Waals surface area contributed by atoms with E-state index >= 15 is 0 Å². The highest BCUT2D eigenvalue weighted by molar-refractivity contribution is 6.35. The standard InChI is InChI=1S/C10H7Cl3FN5/c11-5-1-4(2-6(12)8(5)14)17-9-7(13)3-16-10(18-9)19-15/h1-3H,15H2,(H2,16,17,18,19). The van der Waals surface area contributed by atoms with E-state index in [1.165, 1.54) is 18.3 Å². The van der Waals surface area contributed by atoms with Crippen LogP contribution in [-0.4, -0.2) is 9.97 Å². The van der Waals surface area contributed by atoms with E-state index in [0.717, 1.165) is 0 Å². The molecule has 0 amide bonds. The Hall–Kier alpha value is -1.34. The molecule has 2 aromatic rings. The molecule has 1 heterocycles. The Morgan fingerprint density at radius 3 is 2.32 bits per heavy atom. The van der Waals surface area contributed by atoms with Crippen LogP contribution < -0.4 is 16.6 Å². The van der Waals surface area contributed by atoms with E-state index in [0.29, 0.717) is 5.69 Å². The van der Waals surface area contributed by atoms with E-state index in [1.807, 2.05) is 0 Å². The Bertz CT molecular complexity index is 599. The van der Waals surface area contributed by atoms with Gasteiger partial charge in [-0.05, 0) is 12.1 Å². The molecule has 0 bridgehead atoms. The van der Waals surface area contributed by atoms with E-state index in [2.05, 4.69) is 20.7 Å². The smallest absolute Gasteiger partial charge is 0.239 e. The van der Waals surface area contributed by atoms with E-state index in [9.17, 15) is 4.39 Å². The summed E-state index contributed by atoms with van der Waals surface area (Å²) in [6, 6.07) is 2.72. The van der Waals surface area contributed by atoms with Crippen LogP contribution in [-0.2, 0) is 0 Å². The summed E-state index contributed by atoms with van der Waals surface area (Å²) in [5.74, 6) is 4.96. The van der Waals surface area contributed by atoms with E-state index in [-0.39, 0.29) is 26.8 Å². The number of hydrogen-bond donors (Lipinski definition) is 3. The van der Waals surface area contributed by atoms with Crippen LogP contribution in [0.2, 0.25) is 15.1 Å². The molecule has 4 N–H and O–H groups in total. The van der Waals surface area contributed by atoms with Gasteiger partial charge < -0.3 is 5.32 Å². The summed E-state index contributed by atoms with van der Waals surface area (Å²) in [4.78, 5) is 7.81. The van der Waals surface area contributed by atoms with Crippen molar-refractivity contribution in [1.29, 1.82) is 0 Å². The Morgan fingerprint density at radius 2 is 1.74 bits per heavy atom. The molecule has 1 aromatic carbocycles. The predicted molar refractivity (Wildman–Crippen MR) is 74.6 cm³/mol. The van der Waals surface area contributed by atoms with Gasteiger partial charge in [0, 0.05) is 5.69 Å². The number of hydrazine groups is 1. The summed E-state index contributed by atoms with van der Waals surface area (Å²) >= 11 is 17.3. The number of halogens is 4. The Labute approximate surface area is 122 Å². The first kappa shape index (κ1) is 14.1. The number of hydrogen-bond acceptors (Lipinski definition) is 5. The molecule has 0 unspecified atom stereocenters. The Morgan fingerprint density at radius 1 is 1.11 bits per heavy atom. The van der Waals surface area contributed by atoms with Gasteiger partial charge in [0.2, 0.25) is 5.95 Å². The zero-order chi connectivity index (χ0) is 14.0. The van der Waals surface area contributed by atoms with Crippen molar-refractivity contribution in [3.8, 4) is 0 Å². The molecule has 1 aromatic heterocycles. The molecule has 0 aliphatic heterocycles. The number of anilines is 3. The lowest BCUT2D eigenvalue weighted by atomic mass is 10.3. The number of nitrogens with zero attached hydrogens (tertiary/aromatic N) is 2. The van der Waals surface area contributed by atoms with Gasteiger partial charge in [-0.25, -0.2) is 15.2 Å². The van der Waals surface area contributed by atoms with Crippen LogP contribution >= 0.6 is 34.8 Å². The fourth-order valence-corrected chi connectivity index (χ4v) is 1.91. The number of aromatic nitrogens is 2. The lowest BCUT2D eigenvalue weighted by Gasteiger charge is -2.09. The summed E-state index contributed by atoms with van der Waals surface area (Å²) in [6.45, 7) is 0. The maximum absolute atomic E-state index is 13.3. The zero-order valence-corrected chi connectivity index (χ0v) is 11.5. The predicted octanol–water partition coefficient (Wildman–Crippen LogP) is 3.61. The molecular weight excluding hydrogens is 316 g/mol. The van der Waals surface area contributed by atoms with Crippen LogP contribution in [0.1, 0.15) is 0 Å². The average Bonchev–Trinajstić information content (AvgIpc) is 2.38. The maximum atomic E-state index is 13.3. The van der Waals surface area contributed by atoms with Gasteiger partial charge in [0.1, 0.15) is 5.02 Å². The monoisotopic (exact) mass is 321 g/mol. The van der Waals surface area contributed by atoms with Crippen molar-refractivity contribution < 1.29 is 4.39 Å². The van der Waals surface area contributed by atoms with Crippen molar-refractivity contribution in [2.75, 3.05) is 10.7 Å². The first-order chi connectivity index (χ1) is 9.01. The van der Waals surface area contributed by atoms with Crippen LogP contribution in [0.3, 0.4) is 0 Å². The van der Waals surface area contributed by atoms with Crippen molar-refractivity contribution in [1.82, 2.24) is 9.97 Å². The van der Waals surface area contributed by atoms with Crippen molar-refractivity contribution >= 4 is 52.3 Å². The van der Waals surface area contributed by atoms with Crippen molar-refractivity contribution in [2.24, 2.45) is 5.84 Å². The number of rotatable bonds is 3. The summed E-state index contributed by atoms with van der Waals surface area (Å²) in [7, 11) is 0. The van der Waals surface area contributed by atoms with E-state index < -0.39 is 5.82 Å². The molecule has 0 aliphatic carbocycles. The number of nitrogens with one attached hydrogen (secondary N) is 2. The molecule has 0 aliphatic rings. The molecule has 0 saturated carbocycles. The van der Waals surface area contributed by atoms with Crippen molar-refractivity contribution in [2.45, 2.75) is 0 Å². The molecule has 0 spiro atoms. The Balaban J connectivity index is 2.36. The quantitative estimate of drug-likeness (QED) is 0.457. The van der Waals surface area contributed by atoms with Gasteiger partial charge in [0.25, 0.3) is 0 Å². The fourth-order valence-electron chi connectivity index (χ4n) is 1.29. The summed E-state index contributed by atoms with van der Waals surface area (Å²) in [5.41, 5.74) is 2.71. The molecule has 5 nitrogen and oxygen atoms in total. The minimum absolute atomic E-state index is 0.114. The minimum Gasteiger partial charge on any atom is -0.339 e. The van der Waals surface area contributed by atoms with Gasteiger partial charge in [-0.15, -0.1) is 0 Å². The summed E-state index contributed by atoms with van der Waals surface area (Å²) in [6.07, 6.45) is 1.36. The van der Waals surface area contributed by atoms with Crippen LogP contribution in [0.4, 0.5) is 21.8 Å². The highest BCUT2D eigenvalue weighted by Gasteiger charge is 2.10. The third kappa shape index (κ3) is 3.16. The molecule has 0 atom stereocenters. The third-order valence-electron chi connectivity index (χ3n) is 2.12. The second-order valence-electron chi connectivity index (χ2n) is 3.41. The molecule has 0 saturated heterocycles. The van der Waals surface area contributed by atoms with Gasteiger partial charge in [-0.3, -0.25) is 5.43 Å². The van der Waals surface area contributed by atoms with E-state index in [1.54, 1.807) is 0 Å². The largest absolute Gasteiger partial charge is 0.339 e. The number of benzene rings is 1. The first-order valence-electron chi connectivity index (χ1n) is 4.92. The zero-order valence-electron chi connectivity index (χ0n) is 9.22. The lowest BCUT2D eigenvalue weighted by Crippen LogP contribution is -2.11. The second-order valence-corrected chi connectivity index (χ2v) is 4.63. The van der Waals surface area contributed by atoms with Crippen molar-refractivity contribution in [3.05, 3.63) is 39.2 Å². The Kier molecular flexibility index (Phi) is 4.26. The lowest BCUT2D eigenvalue weighted by molar-refractivity contribution is 0.629. The maximum Gasteiger partial charge on any atom is 0.239 e. The van der Waals surface area contributed by atoms with Gasteiger partial charge in [0.05, 0.1) is 16.2 Å². The van der Waals surface area contributed by atoms with E-state index in [4.69, 9.17) is 40.6 Å². The summed E-state index contributed by atoms with van der Waals surface area (Å²) < 4.78 is 13.3. The SMILES string of the molecule is NNc1ncc(Cl)c(Nc2cc(Cl)c(F)c(Cl)c2)n1.